The van der Waals surface area contributed by atoms with Crippen LogP contribution in [0, 0.1) is 6.92 Å². The molecule has 1 aromatic heterocycles. The molecule has 0 spiro atoms. The van der Waals surface area contributed by atoms with E-state index in [1.54, 1.807) is 6.07 Å². The van der Waals surface area contributed by atoms with Gasteiger partial charge in [-0.05, 0) is 37.6 Å². The quantitative estimate of drug-likeness (QED) is 0.817. The molecule has 1 fully saturated rings. The van der Waals surface area contributed by atoms with Crippen molar-refractivity contribution in [3.8, 4) is 11.6 Å². The number of hydrogen-bond donors (Lipinski definition) is 0. The number of aryl methyl sites for hydroxylation is 1. The Hall–Kier alpha value is -2.34. The van der Waals surface area contributed by atoms with Crippen LogP contribution in [-0.2, 0) is 4.79 Å². The molecular formula is C19H23ClN4O2. The van der Waals surface area contributed by atoms with Crippen LogP contribution in [0.15, 0.2) is 30.6 Å². The summed E-state index contributed by atoms with van der Waals surface area (Å²) in [6, 6.07) is 7.47. The Kier molecular flexibility index (Phi) is 5.61. The van der Waals surface area contributed by atoms with Gasteiger partial charge in [-0.15, -0.1) is 0 Å². The summed E-state index contributed by atoms with van der Waals surface area (Å²) in [7, 11) is 0. The first kappa shape index (κ1) is 18.5. The molecule has 1 aromatic carbocycles. The Morgan fingerprint density at radius 2 is 2.12 bits per heavy atom. The highest BCUT2D eigenvalue weighted by Crippen LogP contribution is 2.27. The number of halogens is 1. The average Bonchev–Trinajstić information content (AvgIpc) is 2.64. The van der Waals surface area contributed by atoms with Crippen LogP contribution in [0.4, 0.5) is 5.82 Å². The van der Waals surface area contributed by atoms with Crippen LogP contribution in [0.5, 0.6) is 11.6 Å². The van der Waals surface area contributed by atoms with E-state index in [1.807, 2.05) is 36.9 Å². The number of piperazine rings is 1. The number of anilines is 1. The van der Waals surface area contributed by atoms with Crippen molar-refractivity contribution < 1.29 is 9.53 Å². The van der Waals surface area contributed by atoms with Crippen molar-refractivity contribution in [3.63, 3.8) is 0 Å². The summed E-state index contributed by atoms with van der Waals surface area (Å²) in [6.45, 7) is 8.07. The molecule has 0 unspecified atom stereocenters. The third kappa shape index (κ3) is 4.07. The second kappa shape index (κ2) is 7.91. The predicted octanol–water partition coefficient (Wildman–Crippen LogP) is 3.68. The minimum atomic E-state index is 0.148. The van der Waals surface area contributed by atoms with Gasteiger partial charge < -0.3 is 14.5 Å². The maximum absolute atomic E-state index is 12.0. The number of nitrogens with zero attached hydrogens (tertiary/aromatic N) is 4. The molecule has 26 heavy (non-hydrogen) atoms. The third-order valence-corrected chi connectivity index (χ3v) is 4.98. The summed E-state index contributed by atoms with van der Waals surface area (Å²) in [6.07, 6.45) is 2.04. The zero-order valence-electron chi connectivity index (χ0n) is 15.3. The van der Waals surface area contributed by atoms with E-state index in [0.717, 1.165) is 24.5 Å². The predicted molar refractivity (Wildman–Crippen MR) is 102 cm³/mol. The van der Waals surface area contributed by atoms with Gasteiger partial charge in [0.1, 0.15) is 17.9 Å². The van der Waals surface area contributed by atoms with Crippen molar-refractivity contribution in [3.05, 3.63) is 41.2 Å². The van der Waals surface area contributed by atoms with Crippen LogP contribution in [-0.4, -0.2) is 46.5 Å². The molecule has 1 aliphatic heterocycles. The van der Waals surface area contributed by atoms with Crippen LogP contribution < -0.4 is 9.64 Å². The van der Waals surface area contributed by atoms with Crippen LogP contribution in [0.2, 0.25) is 5.02 Å². The number of hydrogen-bond acceptors (Lipinski definition) is 5. The van der Waals surface area contributed by atoms with Crippen molar-refractivity contribution in [1.82, 2.24) is 14.9 Å². The summed E-state index contributed by atoms with van der Waals surface area (Å²) in [5.41, 5.74) is 0.948. The van der Waals surface area contributed by atoms with Crippen molar-refractivity contribution in [2.24, 2.45) is 0 Å². The molecule has 0 N–H and O–H groups in total. The van der Waals surface area contributed by atoms with E-state index in [1.165, 1.54) is 6.33 Å². The maximum Gasteiger partial charge on any atom is 0.224 e. The molecule has 0 saturated carbocycles. The summed E-state index contributed by atoms with van der Waals surface area (Å²) in [5, 5.41) is 0.703. The highest BCUT2D eigenvalue weighted by Gasteiger charge is 2.27. The first-order chi connectivity index (χ1) is 12.5. The van der Waals surface area contributed by atoms with E-state index in [0.29, 0.717) is 29.6 Å². The summed E-state index contributed by atoms with van der Waals surface area (Å²) >= 11 is 6.05. The zero-order chi connectivity index (χ0) is 18.7. The smallest absolute Gasteiger partial charge is 0.224 e. The van der Waals surface area contributed by atoms with Gasteiger partial charge in [-0.25, -0.2) is 9.97 Å². The second-order valence-corrected chi connectivity index (χ2v) is 6.87. The first-order valence-electron chi connectivity index (χ1n) is 8.78. The fourth-order valence-corrected chi connectivity index (χ4v) is 3.22. The first-order valence-corrected chi connectivity index (χ1v) is 9.16. The van der Waals surface area contributed by atoms with Crippen molar-refractivity contribution >= 4 is 23.3 Å². The molecule has 3 rings (SSSR count). The third-order valence-electron chi connectivity index (χ3n) is 4.55. The zero-order valence-corrected chi connectivity index (χ0v) is 16.0. The molecule has 1 saturated heterocycles. The summed E-state index contributed by atoms with van der Waals surface area (Å²) < 4.78 is 5.85. The number of aromatic nitrogens is 2. The number of carbonyl (C=O) groups is 1. The fraction of sp³-hybridized carbons (Fsp3) is 0.421. The van der Waals surface area contributed by atoms with Gasteiger partial charge in [-0.1, -0.05) is 18.5 Å². The molecule has 6 nitrogen and oxygen atoms in total. The van der Waals surface area contributed by atoms with E-state index in [-0.39, 0.29) is 11.9 Å². The van der Waals surface area contributed by atoms with Gasteiger partial charge in [0.05, 0.1) is 0 Å². The molecule has 2 aromatic rings. The van der Waals surface area contributed by atoms with Gasteiger partial charge in [-0.3, -0.25) is 4.79 Å². The highest BCUT2D eigenvalue weighted by molar-refractivity contribution is 6.31. The average molecular weight is 375 g/mol. The number of rotatable bonds is 4. The van der Waals surface area contributed by atoms with Gasteiger partial charge >= 0.3 is 0 Å². The van der Waals surface area contributed by atoms with Crippen molar-refractivity contribution in [2.45, 2.75) is 33.2 Å². The lowest BCUT2D eigenvalue weighted by molar-refractivity contribution is -0.133. The molecule has 1 aliphatic rings. The number of carbonyl (C=O) groups excluding carboxylic acids is 1. The largest absolute Gasteiger partial charge is 0.439 e. The lowest BCUT2D eigenvalue weighted by Crippen LogP contribution is -2.54. The van der Waals surface area contributed by atoms with Crippen molar-refractivity contribution in [2.75, 3.05) is 24.5 Å². The van der Waals surface area contributed by atoms with Crippen LogP contribution in [0.25, 0.3) is 0 Å². The van der Waals surface area contributed by atoms with E-state index < -0.39 is 0 Å². The van der Waals surface area contributed by atoms with Crippen LogP contribution in [0.1, 0.15) is 25.8 Å². The van der Waals surface area contributed by atoms with Gasteiger partial charge in [0.25, 0.3) is 0 Å². The van der Waals surface area contributed by atoms with Gasteiger partial charge in [0.15, 0.2) is 0 Å². The monoisotopic (exact) mass is 374 g/mol. The Bertz CT molecular complexity index is 799. The van der Waals surface area contributed by atoms with Crippen molar-refractivity contribution in [1.29, 1.82) is 0 Å². The summed E-state index contributed by atoms with van der Waals surface area (Å²) in [5.74, 6) is 2.16. The van der Waals surface area contributed by atoms with Crippen LogP contribution >= 0.6 is 11.6 Å². The molecule has 0 radical (unpaired) electrons. The molecule has 1 amide bonds. The molecule has 138 valence electrons. The Labute approximate surface area is 158 Å². The minimum Gasteiger partial charge on any atom is -0.439 e. The Balaban J connectivity index is 1.71. The molecule has 7 heteroatoms. The molecule has 0 bridgehead atoms. The minimum absolute atomic E-state index is 0.148. The molecular weight excluding hydrogens is 352 g/mol. The number of ether oxygens (including phenoxy) is 1. The molecule has 2 heterocycles. The lowest BCUT2D eigenvalue weighted by Gasteiger charge is -2.40. The number of amides is 1. The van der Waals surface area contributed by atoms with Gasteiger partial charge in [0, 0.05) is 43.2 Å². The Morgan fingerprint density at radius 1 is 1.31 bits per heavy atom. The van der Waals surface area contributed by atoms with Gasteiger partial charge in [-0.2, -0.15) is 0 Å². The SMILES string of the molecule is CCC(=O)N1CCN(c2cc(Oc3ccc(Cl)c(C)c3)ncn2)C[C@H]1C. The van der Waals surface area contributed by atoms with Crippen LogP contribution in [0.3, 0.4) is 0 Å². The Morgan fingerprint density at radius 3 is 2.81 bits per heavy atom. The second-order valence-electron chi connectivity index (χ2n) is 6.46. The topological polar surface area (TPSA) is 58.6 Å². The van der Waals surface area contributed by atoms with E-state index in [4.69, 9.17) is 16.3 Å². The van der Waals surface area contributed by atoms with E-state index in [9.17, 15) is 4.79 Å². The normalized spacial score (nSPS) is 17.3. The molecule has 1 atom stereocenters. The fourth-order valence-electron chi connectivity index (χ4n) is 3.10. The van der Waals surface area contributed by atoms with Gasteiger partial charge in [0.2, 0.25) is 11.8 Å². The van der Waals surface area contributed by atoms with E-state index in [2.05, 4.69) is 21.8 Å². The molecule has 0 aliphatic carbocycles. The number of benzene rings is 1. The standard InChI is InChI=1S/C19H23ClN4O2/c1-4-19(25)24-8-7-23(11-14(24)3)17-10-18(22-12-21-17)26-15-5-6-16(20)13(2)9-15/h5-6,9-10,12,14H,4,7-8,11H2,1-3H3/t14-/m1/s1. The lowest BCUT2D eigenvalue weighted by atomic mass is 10.1. The highest BCUT2D eigenvalue weighted by atomic mass is 35.5. The summed E-state index contributed by atoms with van der Waals surface area (Å²) in [4.78, 5) is 24.6. The van der Waals surface area contributed by atoms with E-state index >= 15 is 0 Å². The maximum atomic E-state index is 12.0.